The Labute approximate surface area is 233 Å². The monoisotopic (exact) mass is 562 g/mol. The molecule has 0 unspecified atom stereocenters. The Morgan fingerprint density at radius 2 is 1.73 bits per heavy atom. The largest absolute Gasteiger partial charge is 0.477 e. The Morgan fingerprint density at radius 3 is 2.49 bits per heavy atom. The lowest BCUT2D eigenvalue weighted by atomic mass is 10.0. The van der Waals surface area contributed by atoms with Gasteiger partial charge in [0, 0.05) is 37.3 Å². The zero-order chi connectivity index (χ0) is 29.1. The minimum Gasteiger partial charge on any atom is -0.477 e. The Kier molecular flexibility index (Phi) is 7.97. The van der Waals surface area contributed by atoms with Gasteiger partial charge in [0.2, 0.25) is 5.88 Å². The molecule has 0 aliphatic carbocycles. The maximum Gasteiger partial charge on any atom is 0.354 e. The Morgan fingerprint density at radius 1 is 0.927 bits per heavy atom. The summed E-state index contributed by atoms with van der Waals surface area (Å²) in [4.78, 5) is 24.4. The molecule has 0 amide bonds. The molecule has 41 heavy (non-hydrogen) atoms. The molecule has 11 heteroatoms. The summed E-state index contributed by atoms with van der Waals surface area (Å²) in [6.45, 7) is 2.26. The van der Waals surface area contributed by atoms with Crippen molar-refractivity contribution in [1.82, 2.24) is 19.5 Å². The normalized spacial score (nSPS) is 11.2. The number of carboxylic acid groups (broad SMARTS) is 1. The number of methoxy groups -OCH3 is 1. The fourth-order valence-electron chi connectivity index (χ4n) is 4.38. The van der Waals surface area contributed by atoms with Crippen molar-refractivity contribution in [3.05, 3.63) is 106 Å². The molecular formula is C30H25F3N4O4. The minimum atomic E-state index is -1.19. The van der Waals surface area contributed by atoms with Crippen LogP contribution in [0.4, 0.5) is 13.2 Å². The Hall–Kier alpha value is -4.77. The summed E-state index contributed by atoms with van der Waals surface area (Å²) in [6, 6.07) is 14.4. The summed E-state index contributed by atoms with van der Waals surface area (Å²) >= 11 is 0. The fourth-order valence-corrected chi connectivity index (χ4v) is 4.38. The van der Waals surface area contributed by atoms with Crippen LogP contribution < -0.4 is 4.74 Å². The van der Waals surface area contributed by atoms with Gasteiger partial charge in [-0.05, 0) is 54.4 Å². The van der Waals surface area contributed by atoms with Gasteiger partial charge in [0.1, 0.15) is 35.4 Å². The average Bonchev–Trinajstić information content (AvgIpc) is 3.29. The molecule has 0 spiro atoms. The number of pyridine rings is 2. The number of rotatable bonds is 10. The van der Waals surface area contributed by atoms with Crippen molar-refractivity contribution in [2.24, 2.45) is 0 Å². The van der Waals surface area contributed by atoms with Gasteiger partial charge in [-0.15, -0.1) is 0 Å². The topological polar surface area (TPSA) is 99.4 Å². The van der Waals surface area contributed by atoms with E-state index in [0.717, 1.165) is 17.7 Å². The lowest BCUT2D eigenvalue weighted by molar-refractivity contribution is 0.0691. The van der Waals surface area contributed by atoms with Crippen LogP contribution in [0.2, 0.25) is 0 Å². The highest BCUT2D eigenvalue weighted by Gasteiger charge is 2.19. The number of nitrogens with zero attached hydrogens (tertiary/aromatic N) is 4. The van der Waals surface area contributed by atoms with Crippen LogP contribution in [0.25, 0.3) is 22.4 Å². The number of hydrogen-bond acceptors (Lipinski definition) is 6. The van der Waals surface area contributed by atoms with E-state index in [4.69, 9.17) is 9.47 Å². The summed E-state index contributed by atoms with van der Waals surface area (Å²) in [5, 5.41) is 9.32. The fraction of sp³-hybridized carbons (Fsp3) is 0.200. The van der Waals surface area contributed by atoms with Crippen LogP contribution in [0.3, 0.4) is 0 Å². The smallest absolute Gasteiger partial charge is 0.354 e. The predicted molar refractivity (Wildman–Crippen MR) is 144 cm³/mol. The van der Waals surface area contributed by atoms with E-state index in [1.165, 1.54) is 31.4 Å². The second-order valence-corrected chi connectivity index (χ2v) is 9.36. The van der Waals surface area contributed by atoms with Crippen molar-refractivity contribution >= 4 is 17.1 Å². The number of fused-ring (bicyclic) bond motifs is 1. The van der Waals surface area contributed by atoms with E-state index in [9.17, 15) is 14.3 Å². The maximum absolute atomic E-state index is 15.3. The number of imidazole rings is 1. The number of ether oxygens (including phenoxy) is 2. The number of aryl methyl sites for hydroxylation is 1. The van der Waals surface area contributed by atoms with Gasteiger partial charge >= 0.3 is 5.97 Å². The summed E-state index contributed by atoms with van der Waals surface area (Å²) < 4.78 is 57.2. The molecule has 0 radical (unpaired) electrons. The third-order valence-corrected chi connectivity index (χ3v) is 6.48. The average molecular weight is 563 g/mol. The number of benzene rings is 2. The number of halogens is 3. The van der Waals surface area contributed by atoms with E-state index in [1.807, 2.05) is 0 Å². The van der Waals surface area contributed by atoms with Gasteiger partial charge < -0.3 is 19.1 Å². The number of carbonyl (C=O) groups is 1. The van der Waals surface area contributed by atoms with Crippen molar-refractivity contribution in [3.63, 3.8) is 0 Å². The molecule has 8 nitrogen and oxygen atoms in total. The van der Waals surface area contributed by atoms with Crippen molar-refractivity contribution in [1.29, 1.82) is 0 Å². The van der Waals surface area contributed by atoms with Gasteiger partial charge in [0.25, 0.3) is 0 Å². The maximum atomic E-state index is 15.3. The highest BCUT2D eigenvalue weighted by atomic mass is 19.1. The first kappa shape index (κ1) is 27.8. The van der Waals surface area contributed by atoms with Crippen molar-refractivity contribution < 1.29 is 32.5 Å². The van der Waals surface area contributed by atoms with Crippen molar-refractivity contribution in [2.75, 3.05) is 13.7 Å². The van der Waals surface area contributed by atoms with Crippen LogP contribution in [-0.2, 0) is 24.3 Å². The summed E-state index contributed by atoms with van der Waals surface area (Å²) in [7, 11) is 1.51. The van der Waals surface area contributed by atoms with Gasteiger partial charge in [-0.1, -0.05) is 18.2 Å². The van der Waals surface area contributed by atoms with Gasteiger partial charge in [-0.3, -0.25) is 0 Å². The summed E-state index contributed by atoms with van der Waals surface area (Å²) in [5.74, 6) is -2.48. The van der Waals surface area contributed by atoms with E-state index >= 15 is 8.78 Å². The molecule has 0 aliphatic rings. The molecular weight excluding hydrogens is 537 g/mol. The predicted octanol–water partition coefficient (Wildman–Crippen LogP) is 5.73. The molecule has 0 fully saturated rings. The third-order valence-electron chi connectivity index (χ3n) is 6.48. The lowest BCUT2D eigenvalue weighted by Crippen LogP contribution is -2.11. The van der Waals surface area contributed by atoms with Gasteiger partial charge in [0.15, 0.2) is 11.3 Å². The molecule has 0 saturated heterocycles. The Balaban J connectivity index is 1.41. The van der Waals surface area contributed by atoms with Crippen molar-refractivity contribution in [2.45, 2.75) is 26.5 Å². The molecule has 5 aromatic rings. The lowest BCUT2D eigenvalue weighted by Gasteiger charge is -2.12. The number of aromatic nitrogens is 4. The molecule has 0 bridgehead atoms. The molecule has 3 aromatic heterocycles. The van der Waals surface area contributed by atoms with Gasteiger partial charge in [0.05, 0.1) is 12.3 Å². The van der Waals surface area contributed by atoms with Crippen molar-refractivity contribution in [3.8, 4) is 17.1 Å². The molecule has 0 saturated carbocycles. The highest BCUT2D eigenvalue weighted by Crippen LogP contribution is 2.28. The van der Waals surface area contributed by atoms with E-state index in [0.29, 0.717) is 22.6 Å². The minimum absolute atomic E-state index is 0.0425. The SMILES string of the molecule is COCCn1c(Cc2cc(F)c(-c3cccc(OCc4ccc(C)cc4F)n3)cc2F)nc2ccc(C(=O)O)nc21. The molecule has 5 rings (SSSR count). The molecule has 0 aliphatic heterocycles. The second kappa shape index (κ2) is 11.8. The van der Waals surface area contributed by atoms with Crippen LogP contribution in [0.5, 0.6) is 5.88 Å². The van der Waals surface area contributed by atoms with Crippen LogP contribution >= 0.6 is 0 Å². The van der Waals surface area contributed by atoms with E-state index < -0.39 is 23.4 Å². The van der Waals surface area contributed by atoms with E-state index in [2.05, 4.69) is 15.0 Å². The molecule has 210 valence electrons. The molecule has 2 aromatic carbocycles. The summed E-state index contributed by atoms with van der Waals surface area (Å²) in [5.41, 5.74) is 1.81. The third kappa shape index (κ3) is 6.04. The van der Waals surface area contributed by atoms with Gasteiger partial charge in [-0.2, -0.15) is 0 Å². The standard InChI is InChI=1S/C30H25F3N4O4/c1-17-6-7-18(21(31)12-17)16-41-28-5-3-4-24(35-28)20-15-22(32)19(13-23(20)33)14-27-34-25-8-9-26(30(38)39)36-29(25)37(27)10-11-40-2/h3-9,12-13,15H,10-11,14,16H2,1-2H3,(H,38,39). The van der Waals surface area contributed by atoms with Crippen LogP contribution in [0, 0.1) is 24.4 Å². The van der Waals surface area contributed by atoms with E-state index in [1.54, 1.807) is 35.8 Å². The second-order valence-electron chi connectivity index (χ2n) is 9.36. The van der Waals surface area contributed by atoms with Crippen LogP contribution in [0.15, 0.2) is 60.7 Å². The Bertz CT molecular complexity index is 1760. The zero-order valence-electron chi connectivity index (χ0n) is 22.2. The number of carboxylic acids is 1. The van der Waals surface area contributed by atoms with Crippen LogP contribution in [-0.4, -0.2) is 44.3 Å². The zero-order valence-corrected chi connectivity index (χ0v) is 22.2. The van der Waals surface area contributed by atoms with Gasteiger partial charge in [-0.25, -0.2) is 32.9 Å². The quantitative estimate of drug-likeness (QED) is 0.232. The van der Waals surface area contributed by atoms with Crippen LogP contribution in [0.1, 0.15) is 33.0 Å². The summed E-state index contributed by atoms with van der Waals surface area (Å²) in [6.07, 6.45) is -0.0792. The first-order chi connectivity index (χ1) is 19.7. The molecule has 1 N–H and O–H groups in total. The number of aromatic carboxylic acids is 1. The number of hydrogen-bond donors (Lipinski definition) is 1. The highest BCUT2D eigenvalue weighted by molar-refractivity contribution is 5.88. The first-order valence-electron chi connectivity index (χ1n) is 12.6. The molecule has 0 atom stereocenters. The molecule has 3 heterocycles. The van der Waals surface area contributed by atoms with E-state index in [-0.39, 0.29) is 54.6 Å². The first-order valence-corrected chi connectivity index (χ1v) is 12.6.